The molecule has 0 fully saturated rings. The lowest BCUT2D eigenvalue weighted by molar-refractivity contribution is 0.0651. The first-order valence-electron chi connectivity index (χ1n) is 5.71. The van der Waals surface area contributed by atoms with Gasteiger partial charge < -0.3 is 14.8 Å². The highest BCUT2D eigenvalue weighted by Gasteiger charge is 2.33. The quantitative estimate of drug-likeness (QED) is 0.847. The number of carbonyl (C=O) groups is 1. The molecule has 2 aromatic rings. The van der Waals surface area contributed by atoms with Crippen molar-refractivity contribution in [2.75, 3.05) is 5.32 Å². The zero-order valence-electron chi connectivity index (χ0n) is 9.75. The predicted octanol–water partition coefficient (Wildman–Crippen LogP) is 2.32. The van der Waals surface area contributed by atoms with Crippen LogP contribution < -0.4 is 5.32 Å². The molecule has 0 amide bonds. The molecule has 2 atom stereocenters. The Morgan fingerprint density at radius 3 is 2.94 bits per heavy atom. The molecule has 18 heavy (non-hydrogen) atoms. The number of rotatable bonds is 2. The Balaban J connectivity index is 2.03. The molecular formula is C13H12N2O3. The Morgan fingerprint density at radius 2 is 2.22 bits per heavy atom. The SMILES string of the molecule is CC1Nc2ccccc2C1c1cnc(C(=O)O)o1. The maximum absolute atomic E-state index is 10.8. The molecule has 0 bridgehead atoms. The van der Waals surface area contributed by atoms with Gasteiger partial charge in [-0.15, -0.1) is 0 Å². The van der Waals surface area contributed by atoms with Crippen LogP contribution in [0.2, 0.25) is 0 Å². The van der Waals surface area contributed by atoms with Crippen LogP contribution in [0, 0.1) is 0 Å². The van der Waals surface area contributed by atoms with Crippen molar-refractivity contribution in [1.29, 1.82) is 0 Å². The highest BCUT2D eigenvalue weighted by Crippen LogP contribution is 2.40. The van der Waals surface area contributed by atoms with Crippen molar-refractivity contribution >= 4 is 11.7 Å². The number of carboxylic acid groups (broad SMARTS) is 1. The molecule has 92 valence electrons. The Bertz CT molecular complexity index is 606. The number of aromatic carboxylic acids is 1. The molecule has 0 spiro atoms. The van der Waals surface area contributed by atoms with Gasteiger partial charge in [-0.05, 0) is 18.6 Å². The van der Waals surface area contributed by atoms with Crippen LogP contribution in [0.25, 0.3) is 0 Å². The third-order valence-electron chi connectivity index (χ3n) is 3.19. The number of oxazole rings is 1. The first kappa shape index (κ1) is 10.8. The first-order chi connectivity index (χ1) is 8.66. The smallest absolute Gasteiger partial charge is 0.392 e. The number of aromatic nitrogens is 1. The number of hydrogen-bond acceptors (Lipinski definition) is 4. The zero-order valence-corrected chi connectivity index (χ0v) is 9.75. The van der Waals surface area contributed by atoms with Gasteiger partial charge in [0.05, 0.1) is 12.1 Å². The summed E-state index contributed by atoms with van der Waals surface area (Å²) in [5.41, 5.74) is 2.17. The van der Waals surface area contributed by atoms with Gasteiger partial charge in [0.2, 0.25) is 0 Å². The predicted molar refractivity (Wildman–Crippen MR) is 64.8 cm³/mol. The minimum atomic E-state index is -1.15. The fraction of sp³-hybridized carbons (Fsp3) is 0.231. The number of benzene rings is 1. The van der Waals surface area contributed by atoms with Crippen LogP contribution in [-0.2, 0) is 0 Å². The molecule has 5 nitrogen and oxygen atoms in total. The van der Waals surface area contributed by atoms with Crippen LogP contribution in [0.15, 0.2) is 34.9 Å². The average Bonchev–Trinajstić information content (AvgIpc) is 2.91. The van der Waals surface area contributed by atoms with Gasteiger partial charge in [0.25, 0.3) is 0 Å². The van der Waals surface area contributed by atoms with Crippen LogP contribution >= 0.6 is 0 Å². The number of fused-ring (bicyclic) bond motifs is 1. The molecule has 0 saturated carbocycles. The van der Waals surface area contributed by atoms with E-state index in [1.165, 1.54) is 6.20 Å². The van der Waals surface area contributed by atoms with Crippen molar-refractivity contribution in [2.24, 2.45) is 0 Å². The summed E-state index contributed by atoms with van der Waals surface area (Å²) < 4.78 is 5.31. The highest BCUT2D eigenvalue weighted by atomic mass is 16.4. The molecule has 0 aliphatic carbocycles. The van der Waals surface area contributed by atoms with Crippen LogP contribution in [0.3, 0.4) is 0 Å². The fourth-order valence-electron chi connectivity index (χ4n) is 2.43. The van der Waals surface area contributed by atoms with Crippen molar-refractivity contribution < 1.29 is 14.3 Å². The fourth-order valence-corrected chi connectivity index (χ4v) is 2.43. The summed E-state index contributed by atoms with van der Waals surface area (Å²) in [6.45, 7) is 2.04. The second-order valence-electron chi connectivity index (χ2n) is 4.37. The average molecular weight is 244 g/mol. The molecule has 0 radical (unpaired) electrons. The molecule has 1 aromatic heterocycles. The third-order valence-corrected chi connectivity index (χ3v) is 3.19. The summed E-state index contributed by atoms with van der Waals surface area (Å²) in [4.78, 5) is 14.6. The van der Waals surface area contributed by atoms with E-state index in [4.69, 9.17) is 9.52 Å². The van der Waals surface area contributed by atoms with E-state index < -0.39 is 5.97 Å². The van der Waals surface area contributed by atoms with Crippen LogP contribution in [0.4, 0.5) is 5.69 Å². The van der Waals surface area contributed by atoms with E-state index >= 15 is 0 Å². The van der Waals surface area contributed by atoms with E-state index in [0.29, 0.717) is 5.76 Å². The minimum absolute atomic E-state index is 0.00167. The van der Waals surface area contributed by atoms with Gasteiger partial charge in [0.1, 0.15) is 5.76 Å². The second kappa shape index (κ2) is 3.87. The van der Waals surface area contributed by atoms with Crippen molar-refractivity contribution in [3.8, 4) is 0 Å². The van der Waals surface area contributed by atoms with Crippen molar-refractivity contribution in [2.45, 2.75) is 18.9 Å². The summed E-state index contributed by atoms with van der Waals surface area (Å²) in [6.07, 6.45) is 1.49. The van der Waals surface area contributed by atoms with E-state index in [-0.39, 0.29) is 17.9 Å². The van der Waals surface area contributed by atoms with Gasteiger partial charge in [-0.2, -0.15) is 0 Å². The molecule has 2 N–H and O–H groups in total. The summed E-state index contributed by atoms with van der Waals surface area (Å²) in [5.74, 6) is -0.825. The monoisotopic (exact) mass is 244 g/mol. The minimum Gasteiger partial charge on any atom is -0.474 e. The number of para-hydroxylation sites is 1. The third kappa shape index (κ3) is 1.55. The summed E-state index contributed by atoms with van der Waals surface area (Å²) in [6, 6.07) is 8.08. The highest BCUT2D eigenvalue weighted by molar-refractivity contribution is 5.82. The lowest BCUT2D eigenvalue weighted by atomic mass is 9.94. The molecule has 1 aliphatic heterocycles. The van der Waals surface area contributed by atoms with E-state index in [9.17, 15) is 4.79 Å². The van der Waals surface area contributed by atoms with Gasteiger partial charge in [-0.3, -0.25) is 0 Å². The van der Waals surface area contributed by atoms with Crippen LogP contribution in [-0.4, -0.2) is 22.1 Å². The second-order valence-corrected chi connectivity index (χ2v) is 4.37. The summed E-state index contributed by atoms with van der Waals surface area (Å²) in [5, 5.41) is 12.2. The zero-order chi connectivity index (χ0) is 12.7. The van der Waals surface area contributed by atoms with Gasteiger partial charge in [0, 0.05) is 11.7 Å². The number of carboxylic acids is 1. The number of hydrogen-bond donors (Lipinski definition) is 2. The summed E-state index contributed by atoms with van der Waals surface area (Å²) >= 11 is 0. The Hall–Kier alpha value is -2.30. The van der Waals surface area contributed by atoms with E-state index in [1.54, 1.807) is 0 Å². The molecule has 2 unspecified atom stereocenters. The van der Waals surface area contributed by atoms with Crippen LogP contribution in [0.1, 0.15) is 34.9 Å². The Morgan fingerprint density at radius 1 is 1.44 bits per heavy atom. The molecule has 5 heteroatoms. The van der Waals surface area contributed by atoms with Gasteiger partial charge in [0.15, 0.2) is 0 Å². The molecule has 0 saturated heterocycles. The lowest BCUT2D eigenvalue weighted by Crippen LogP contribution is -2.16. The number of nitrogens with zero attached hydrogens (tertiary/aromatic N) is 1. The van der Waals surface area contributed by atoms with E-state index in [1.807, 2.05) is 31.2 Å². The molecular weight excluding hydrogens is 232 g/mol. The summed E-state index contributed by atoms with van der Waals surface area (Å²) in [7, 11) is 0. The topological polar surface area (TPSA) is 75.4 Å². The number of nitrogens with one attached hydrogen (secondary N) is 1. The molecule has 1 aromatic carbocycles. The first-order valence-corrected chi connectivity index (χ1v) is 5.71. The van der Waals surface area contributed by atoms with Gasteiger partial charge in [-0.25, -0.2) is 9.78 Å². The van der Waals surface area contributed by atoms with Gasteiger partial charge >= 0.3 is 11.9 Å². The normalized spacial score (nSPS) is 21.4. The lowest BCUT2D eigenvalue weighted by Gasteiger charge is -2.12. The van der Waals surface area contributed by atoms with Crippen molar-refractivity contribution in [3.05, 3.63) is 47.7 Å². The van der Waals surface area contributed by atoms with Crippen molar-refractivity contribution in [3.63, 3.8) is 0 Å². The molecule has 1 aliphatic rings. The van der Waals surface area contributed by atoms with E-state index in [2.05, 4.69) is 10.3 Å². The maximum Gasteiger partial charge on any atom is 0.392 e. The molecule has 3 rings (SSSR count). The van der Waals surface area contributed by atoms with Gasteiger partial charge in [-0.1, -0.05) is 18.2 Å². The maximum atomic E-state index is 10.8. The largest absolute Gasteiger partial charge is 0.474 e. The van der Waals surface area contributed by atoms with Crippen molar-refractivity contribution in [1.82, 2.24) is 4.98 Å². The Kier molecular flexibility index (Phi) is 2.33. The van der Waals surface area contributed by atoms with E-state index in [0.717, 1.165) is 11.3 Å². The molecule has 2 heterocycles. The number of anilines is 1. The Labute approximate surface area is 103 Å². The standard InChI is InChI=1S/C13H12N2O3/c1-7-11(8-4-2-3-5-9(8)15-7)10-6-14-12(18-10)13(16)17/h2-7,11,15H,1H3,(H,16,17). The van der Waals surface area contributed by atoms with Crippen LogP contribution in [0.5, 0.6) is 0 Å².